The van der Waals surface area contributed by atoms with E-state index in [2.05, 4.69) is 58.9 Å². The van der Waals surface area contributed by atoms with Crippen LogP contribution in [0.25, 0.3) is 87.5 Å². The molecule has 8 heterocycles. The summed E-state index contributed by atoms with van der Waals surface area (Å²) in [5.74, 6) is -0.105. The van der Waals surface area contributed by atoms with Crippen molar-refractivity contribution < 1.29 is 39.7 Å². The number of aliphatic hydroxyl groups is 2. The molecule has 464 valence electrons. The van der Waals surface area contributed by atoms with E-state index in [1.807, 2.05) is 98.4 Å². The van der Waals surface area contributed by atoms with Crippen LogP contribution in [0.5, 0.6) is 0 Å². The van der Waals surface area contributed by atoms with E-state index >= 15 is 0 Å². The van der Waals surface area contributed by atoms with Crippen LogP contribution in [0.3, 0.4) is 0 Å². The van der Waals surface area contributed by atoms with Crippen molar-refractivity contribution in [2.24, 2.45) is 14.1 Å². The quantitative estimate of drug-likeness (QED) is 0.0408. The molecule has 14 aromatic rings. The van der Waals surface area contributed by atoms with Crippen molar-refractivity contribution in [3.05, 3.63) is 242 Å². The smallest absolute Gasteiger partial charge is 0.329 e. The molecule has 0 radical (unpaired) electrons. The molecule has 0 aliphatic carbocycles. The first-order valence-corrected chi connectivity index (χ1v) is 28.1. The largest absolute Gasteiger partial charge is 0.480 e. The number of anilines is 2. The Hall–Kier alpha value is -12.4. The molecule has 0 aliphatic rings. The number of aromatic nitrogens is 10. The number of hydrogen-bond donors (Lipinski definition) is 5. The van der Waals surface area contributed by atoms with Crippen molar-refractivity contribution in [3.63, 3.8) is 0 Å². The number of fused-ring (bicyclic) bond motifs is 10. The Morgan fingerprint density at radius 2 is 0.870 bits per heavy atom. The fourth-order valence-electron chi connectivity index (χ4n) is 9.65. The maximum Gasteiger partial charge on any atom is 0.329 e. The summed E-state index contributed by atoms with van der Waals surface area (Å²) in [5, 5.41) is 62.0. The van der Waals surface area contributed by atoms with Crippen molar-refractivity contribution in [1.82, 2.24) is 49.0 Å². The first kappa shape index (κ1) is 65.6. The van der Waals surface area contributed by atoms with Gasteiger partial charge in [-0.3, -0.25) is 50.1 Å². The van der Waals surface area contributed by atoms with Crippen molar-refractivity contribution >= 4 is 128 Å². The van der Waals surface area contributed by atoms with Gasteiger partial charge in [0.05, 0.1) is 48.0 Å². The third-order valence-corrected chi connectivity index (χ3v) is 14.2. The summed E-state index contributed by atoms with van der Waals surface area (Å²) >= 11 is 0. The predicted octanol–water partition coefficient (Wildman–Crippen LogP) is 11.6. The molecule has 0 unspecified atom stereocenters. The lowest BCUT2D eigenvalue weighted by Crippen LogP contribution is -1.98. The zero-order valence-corrected chi connectivity index (χ0v) is 49.9. The van der Waals surface area contributed by atoms with Crippen LogP contribution in [0.15, 0.2) is 189 Å². The lowest BCUT2D eigenvalue weighted by Gasteiger charge is -2.05. The molecule has 0 spiro atoms. The summed E-state index contributed by atoms with van der Waals surface area (Å²) < 4.78 is 3.67. The average Bonchev–Trinajstić information content (AvgIpc) is 1.61. The molecule has 0 atom stereocenters. The third kappa shape index (κ3) is 14.9. The summed E-state index contributed by atoms with van der Waals surface area (Å²) in [7, 11) is 3.73. The SMILES string of the molecule is CCc1ccc2cccnc2c1N.CCc1ccc2cccnc2c1[N+](=O)[O-].Cn1c(C=O)nc2c3ncccc3ccc21.Cn1c(CO)nc2c3ncccc3ccc21.Nc1ccc2cccnc2c1[N+](=O)[O-].O=C(O)CO.O=[N+]([O-])c1cccc2cccnc12. The van der Waals surface area contributed by atoms with Crippen LogP contribution in [0.2, 0.25) is 0 Å². The molecule has 8 aromatic heterocycles. The average molecular weight is 1240 g/mol. The Morgan fingerprint density at radius 1 is 0.478 bits per heavy atom. The van der Waals surface area contributed by atoms with Gasteiger partial charge in [0.25, 0.3) is 11.4 Å². The van der Waals surface area contributed by atoms with E-state index in [1.54, 1.807) is 90.1 Å². The highest BCUT2D eigenvalue weighted by Crippen LogP contribution is 2.31. The van der Waals surface area contributed by atoms with Gasteiger partial charge in [0.1, 0.15) is 52.3 Å². The number of nitrogens with zero attached hydrogens (tertiary/aromatic N) is 13. The van der Waals surface area contributed by atoms with E-state index in [4.69, 9.17) is 26.5 Å². The van der Waals surface area contributed by atoms with E-state index in [0.29, 0.717) is 40.0 Å². The highest BCUT2D eigenvalue weighted by molar-refractivity contribution is 6.03. The van der Waals surface area contributed by atoms with Crippen LogP contribution in [0.4, 0.5) is 28.4 Å². The number of nitrogen functional groups attached to an aromatic ring is 2. The fraction of sp³-hybridized carbons (Fsp3) is 0.121. The number of non-ortho nitro benzene ring substituents is 1. The van der Waals surface area contributed by atoms with Crippen LogP contribution < -0.4 is 11.5 Å². The Labute approximate surface area is 522 Å². The van der Waals surface area contributed by atoms with Crippen LogP contribution in [0.1, 0.15) is 41.4 Å². The van der Waals surface area contributed by atoms with Gasteiger partial charge in [-0.15, -0.1) is 0 Å². The Kier molecular flexibility index (Phi) is 21.7. The number of rotatable bonds is 8. The Balaban J connectivity index is 0.000000140. The van der Waals surface area contributed by atoms with Gasteiger partial charge in [0.15, 0.2) is 12.1 Å². The first-order valence-electron chi connectivity index (χ1n) is 28.1. The summed E-state index contributed by atoms with van der Waals surface area (Å²) in [6.07, 6.45) is 12.3. The number of pyridine rings is 6. The number of aliphatic hydroxyl groups excluding tert-OH is 2. The standard InChI is InChI=1S/C12H11N3O.C12H9N3O.C11H10N2O2.C11H12N2.C9H7N3O2.C9H6N2O2.C2H4O3/c2*1-15-9-5-4-8-3-2-6-13-11(8)12(9)14-10(15)7-16;1-2-8-5-6-9-4-3-7-12-10(9)11(8)13(14)15;1-2-8-5-6-9-4-3-7-13-11(9)10(8)12;10-7-4-3-6-2-1-5-11-8(6)9(7)12(13)14;12-11(13)8-5-1-3-7-4-2-6-10-9(7)8;3-1-2(4)5/h2-6,16H,7H2,1H3;2-7H,1H3;3-7H,2H2,1H3;3-7H,2,12H2,1H3;1-5H,10H2;1-6H;3H,1H2,(H,4,5). The molecule has 26 heteroatoms. The van der Waals surface area contributed by atoms with Gasteiger partial charge in [-0.1, -0.05) is 105 Å². The molecule has 0 amide bonds. The maximum absolute atomic E-state index is 11.0. The number of aliphatic carboxylic acids is 1. The number of carboxylic acids is 1. The maximum atomic E-state index is 11.0. The van der Waals surface area contributed by atoms with E-state index in [9.17, 15) is 40.2 Å². The van der Waals surface area contributed by atoms with Gasteiger partial charge >= 0.3 is 11.7 Å². The molecular weight excluding hydrogens is 1180 g/mol. The summed E-state index contributed by atoms with van der Waals surface area (Å²) in [4.78, 5) is 84.5. The Bertz CT molecular complexity index is 5020. The molecule has 0 aliphatic heterocycles. The van der Waals surface area contributed by atoms with Crippen molar-refractivity contribution in [1.29, 1.82) is 0 Å². The van der Waals surface area contributed by atoms with Crippen molar-refractivity contribution in [2.45, 2.75) is 33.3 Å². The van der Waals surface area contributed by atoms with Gasteiger partial charge in [-0.2, -0.15) is 0 Å². The number of nitrogens with two attached hydrogens (primary N) is 2. The normalized spacial score (nSPS) is 10.5. The Morgan fingerprint density at radius 3 is 1.34 bits per heavy atom. The number of aldehydes is 1. The molecular formula is C66H59N15O11. The molecule has 0 saturated heterocycles. The van der Waals surface area contributed by atoms with Gasteiger partial charge < -0.3 is 35.9 Å². The lowest BCUT2D eigenvalue weighted by atomic mass is 10.1. The van der Waals surface area contributed by atoms with Gasteiger partial charge in [0, 0.05) is 95.2 Å². The predicted molar refractivity (Wildman–Crippen MR) is 353 cm³/mol. The molecule has 0 bridgehead atoms. The number of benzene rings is 6. The van der Waals surface area contributed by atoms with Gasteiger partial charge in [-0.05, 0) is 73.0 Å². The van der Waals surface area contributed by atoms with E-state index < -0.39 is 22.4 Å². The number of carboxylic acid groups (broad SMARTS) is 1. The fourth-order valence-corrected chi connectivity index (χ4v) is 9.65. The number of carbonyl (C=O) groups excluding carboxylic acids is 1. The first-order chi connectivity index (χ1) is 44.4. The number of para-hydroxylation sites is 1. The van der Waals surface area contributed by atoms with Crippen LogP contribution in [-0.4, -0.2) is 98.0 Å². The monoisotopic (exact) mass is 1240 g/mol. The topological polar surface area (TPSA) is 389 Å². The second kappa shape index (κ2) is 30.5. The molecule has 14 rings (SSSR count). The number of carbonyl (C=O) groups is 2. The molecule has 92 heavy (non-hydrogen) atoms. The van der Waals surface area contributed by atoms with Crippen LogP contribution in [0, 0.1) is 30.3 Å². The molecule has 7 N–H and O–H groups in total. The van der Waals surface area contributed by atoms with Crippen LogP contribution in [-0.2, 0) is 38.3 Å². The lowest BCUT2D eigenvalue weighted by molar-refractivity contribution is -0.383. The van der Waals surface area contributed by atoms with E-state index in [0.717, 1.165) is 89.5 Å². The summed E-state index contributed by atoms with van der Waals surface area (Å²) in [6.45, 7) is 3.16. The highest BCUT2D eigenvalue weighted by atomic mass is 16.6. The molecule has 26 nitrogen and oxygen atoms in total. The van der Waals surface area contributed by atoms with Gasteiger partial charge in [0.2, 0.25) is 0 Å². The van der Waals surface area contributed by atoms with Gasteiger partial charge in [-0.25, -0.2) is 29.7 Å². The second-order valence-electron chi connectivity index (χ2n) is 19.7. The summed E-state index contributed by atoms with van der Waals surface area (Å²) in [6, 6.07) is 46.3. The number of aryl methyl sites for hydroxylation is 4. The van der Waals surface area contributed by atoms with Crippen molar-refractivity contribution in [2.75, 3.05) is 18.1 Å². The highest BCUT2D eigenvalue weighted by Gasteiger charge is 2.19. The number of nitro groups is 3. The number of nitro benzene ring substituents is 3. The minimum atomic E-state index is -1.19. The third-order valence-electron chi connectivity index (χ3n) is 14.2. The van der Waals surface area contributed by atoms with Crippen LogP contribution >= 0.6 is 0 Å². The minimum Gasteiger partial charge on any atom is -0.480 e. The molecule has 0 saturated carbocycles. The zero-order valence-electron chi connectivity index (χ0n) is 49.9. The minimum absolute atomic E-state index is 0.0538. The second-order valence-corrected chi connectivity index (χ2v) is 19.7. The number of hydrogen-bond acceptors (Lipinski definition) is 20. The zero-order chi connectivity index (χ0) is 66.0. The number of imidazole rings is 2. The molecule has 0 fully saturated rings. The van der Waals surface area contributed by atoms with Crippen molar-refractivity contribution in [3.8, 4) is 0 Å². The van der Waals surface area contributed by atoms with E-state index in [-0.39, 0.29) is 34.3 Å². The molecule has 6 aromatic carbocycles. The summed E-state index contributed by atoms with van der Waals surface area (Å²) in [5.41, 5.74) is 21.8. The van der Waals surface area contributed by atoms with E-state index in [1.165, 1.54) is 23.9 Å².